The van der Waals surface area contributed by atoms with Crippen molar-refractivity contribution < 1.29 is 17.7 Å². The molecule has 0 N–H and O–H groups in total. The number of rotatable bonds is 4. The fourth-order valence-electron chi connectivity index (χ4n) is 1.69. The summed E-state index contributed by atoms with van der Waals surface area (Å²) in [7, 11) is -4.22. The lowest BCUT2D eigenvalue weighted by molar-refractivity contribution is -0.384. The van der Waals surface area contributed by atoms with E-state index in [-0.39, 0.29) is 16.1 Å². The molecule has 2 aromatic rings. The minimum Gasteiger partial charge on any atom is -0.258 e. The molecule has 0 saturated carbocycles. The molecule has 0 saturated heterocycles. The molecule has 0 spiro atoms. The van der Waals surface area contributed by atoms with Crippen LogP contribution in [0.5, 0.6) is 0 Å². The van der Waals surface area contributed by atoms with E-state index in [4.69, 9.17) is 0 Å². The summed E-state index contributed by atoms with van der Waals surface area (Å²) in [6, 6.07) is 11.7. The molecule has 0 aliphatic rings. The van der Waals surface area contributed by atoms with E-state index in [1.807, 2.05) is 0 Å². The molecule has 0 aliphatic heterocycles. The highest BCUT2D eigenvalue weighted by Crippen LogP contribution is 2.31. The zero-order valence-corrected chi connectivity index (χ0v) is 11.0. The maximum absolute atomic E-state index is 14.2. The average Bonchev–Trinajstić information content (AvgIpc) is 2.47. The van der Waals surface area contributed by atoms with Crippen LogP contribution < -0.4 is 0 Å². The topological polar surface area (TPSA) is 77.3 Å². The van der Waals surface area contributed by atoms with E-state index in [0.29, 0.717) is 0 Å². The summed E-state index contributed by atoms with van der Waals surface area (Å²) in [4.78, 5) is 9.76. The van der Waals surface area contributed by atoms with Crippen molar-refractivity contribution >= 4 is 15.5 Å². The summed E-state index contributed by atoms with van der Waals surface area (Å²) >= 11 is 0. The van der Waals surface area contributed by atoms with E-state index < -0.39 is 20.3 Å². The molecule has 1 unspecified atom stereocenters. The van der Waals surface area contributed by atoms with Gasteiger partial charge in [0.25, 0.3) is 5.69 Å². The number of nitro groups is 1. The Morgan fingerprint density at radius 2 is 1.70 bits per heavy atom. The lowest BCUT2D eigenvalue weighted by atomic mass is 10.2. The molecular weight excluding hydrogens is 285 g/mol. The molecule has 0 aromatic heterocycles. The largest absolute Gasteiger partial charge is 0.269 e. The van der Waals surface area contributed by atoms with Gasteiger partial charge in [-0.15, -0.1) is 0 Å². The number of nitrogens with zero attached hydrogens (tertiary/aromatic N) is 1. The molecule has 0 amide bonds. The Labute approximate surface area is 114 Å². The van der Waals surface area contributed by atoms with Gasteiger partial charge in [-0.2, -0.15) is 0 Å². The van der Waals surface area contributed by atoms with Gasteiger partial charge in [0.15, 0.2) is 0 Å². The van der Waals surface area contributed by atoms with Crippen molar-refractivity contribution in [1.82, 2.24) is 0 Å². The predicted molar refractivity (Wildman–Crippen MR) is 70.6 cm³/mol. The quantitative estimate of drug-likeness (QED) is 0.641. The van der Waals surface area contributed by atoms with Crippen molar-refractivity contribution in [2.75, 3.05) is 0 Å². The zero-order chi connectivity index (χ0) is 14.8. The van der Waals surface area contributed by atoms with Crippen LogP contribution in [0.2, 0.25) is 0 Å². The first-order chi connectivity index (χ1) is 9.43. The zero-order valence-electron chi connectivity index (χ0n) is 10.1. The molecule has 20 heavy (non-hydrogen) atoms. The lowest BCUT2D eigenvalue weighted by Crippen LogP contribution is -2.09. The predicted octanol–water partition coefficient (Wildman–Crippen LogP) is 3.04. The third kappa shape index (κ3) is 2.67. The van der Waals surface area contributed by atoms with Gasteiger partial charge in [-0.3, -0.25) is 10.1 Å². The van der Waals surface area contributed by atoms with Crippen LogP contribution in [0.4, 0.5) is 10.1 Å². The van der Waals surface area contributed by atoms with Crippen molar-refractivity contribution in [3.05, 3.63) is 70.3 Å². The van der Waals surface area contributed by atoms with Gasteiger partial charge in [-0.05, 0) is 12.1 Å². The van der Waals surface area contributed by atoms with Gasteiger partial charge in [0.2, 0.25) is 15.3 Å². The third-order valence-electron chi connectivity index (χ3n) is 2.69. The molecule has 0 heterocycles. The SMILES string of the molecule is O=[N+]([O-])c1cccc(C(F)S(=O)(=O)c2ccccc2)c1. The maximum Gasteiger partial charge on any atom is 0.269 e. The number of hydrogen-bond donors (Lipinski definition) is 0. The molecule has 104 valence electrons. The van der Waals surface area contributed by atoms with E-state index in [9.17, 15) is 22.9 Å². The second-order valence-corrected chi connectivity index (χ2v) is 6.00. The Bertz CT molecular complexity index is 731. The van der Waals surface area contributed by atoms with Gasteiger partial charge in [0.05, 0.1) is 9.82 Å². The highest BCUT2D eigenvalue weighted by Gasteiger charge is 2.29. The molecule has 0 bridgehead atoms. The first kappa shape index (κ1) is 14.1. The maximum atomic E-state index is 14.2. The molecule has 5 nitrogen and oxygen atoms in total. The third-order valence-corrected chi connectivity index (χ3v) is 4.43. The van der Waals surface area contributed by atoms with Crippen molar-refractivity contribution in [2.24, 2.45) is 0 Å². The van der Waals surface area contributed by atoms with Gasteiger partial charge >= 0.3 is 0 Å². The standard InChI is InChI=1S/C13H10FNO4S/c14-13(10-5-4-6-11(9-10)15(16)17)20(18,19)12-7-2-1-3-8-12/h1-9,13H. The Hall–Kier alpha value is -2.28. The summed E-state index contributed by atoms with van der Waals surface area (Å²) in [6.07, 6.45) is 0. The summed E-state index contributed by atoms with van der Waals surface area (Å²) in [5.41, 5.74) is -2.96. The van der Waals surface area contributed by atoms with E-state index in [2.05, 4.69) is 0 Å². The van der Waals surface area contributed by atoms with E-state index >= 15 is 0 Å². The van der Waals surface area contributed by atoms with Crippen LogP contribution in [0, 0.1) is 10.1 Å². The minimum atomic E-state index is -4.22. The van der Waals surface area contributed by atoms with Crippen LogP contribution in [0.25, 0.3) is 0 Å². The van der Waals surface area contributed by atoms with Gasteiger partial charge in [0, 0.05) is 17.7 Å². The molecule has 0 aliphatic carbocycles. The number of alkyl halides is 1. The second-order valence-electron chi connectivity index (χ2n) is 4.03. The number of hydrogen-bond acceptors (Lipinski definition) is 4. The highest BCUT2D eigenvalue weighted by molar-refractivity contribution is 7.91. The molecule has 2 rings (SSSR count). The average molecular weight is 295 g/mol. The summed E-state index contributed by atoms with van der Waals surface area (Å²) in [5, 5.41) is 10.6. The first-order valence-electron chi connectivity index (χ1n) is 5.60. The molecule has 0 radical (unpaired) electrons. The van der Waals surface area contributed by atoms with Gasteiger partial charge < -0.3 is 0 Å². The fraction of sp³-hybridized carbons (Fsp3) is 0.0769. The van der Waals surface area contributed by atoms with Crippen molar-refractivity contribution in [1.29, 1.82) is 0 Å². The van der Waals surface area contributed by atoms with Crippen LogP contribution >= 0.6 is 0 Å². The molecule has 0 fully saturated rings. The van der Waals surface area contributed by atoms with E-state index in [0.717, 1.165) is 6.07 Å². The molecule has 7 heteroatoms. The molecule has 2 aromatic carbocycles. The second kappa shape index (κ2) is 5.38. The molecular formula is C13H10FNO4S. The fourth-order valence-corrected chi connectivity index (χ4v) is 2.97. The van der Waals surface area contributed by atoms with E-state index in [1.54, 1.807) is 6.07 Å². The lowest BCUT2D eigenvalue weighted by Gasteiger charge is -2.10. The van der Waals surface area contributed by atoms with Crippen LogP contribution in [-0.4, -0.2) is 13.3 Å². The van der Waals surface area contributed by atoms with Crippen molar-refractivity contribution in [3.63, 3.8) is 0 Å². The number of benzene rings is 2. The van der Waals surface area contributed by atoms with Crippen LogP contribution in [0.15, 0.2) is 59.5 Å². The van der Waals surface area contributed by atoms with Gasteiger partial charge in [0.1, 0.15) is 0 Å². The minimum absolute atomic E-state index is 0.168. The van der Waals surface area contributed by atoms with Crippen molar-refractivity contribution in [3.8, 4) is 0 Å². The Morgan fingerprint density at radius 3 is 2.30 bits per heavy atom. The Balaban J connectivity index is 2.43. The number of nitro benzene ring substituents is 1. The van der Waals surface area contributed by atoms with Crippen LogP contribution in [0.1, 0.15) is 11.1 Å². The van der Waals surface area contributed by atoms with Gasteiger partial charge in [-0.1, -0.05) is 30.3 Å². The first-order valence-corrected chi connectivity index (χ1v) is 7.15. The summed E-state index contributed by atoms with van der Waals surface area (Å²) < 4.78 is 38.4. The molecule has 1 atom stereocenters. The smallest absolute Gasteiger partial charge is 0.258 e. The number of halogens is 1. The number of non-ortho nitro benzene ring substituents is 1. The van der Waals surface area contributed by atoms with Crippen LogP contribution in [-0.2, 0) is 9.84 Å². The number of sulfone groups is 1. The Kier molecular flexibility index (Phi) is 3.80. The Morgan fingerprint density at radius 1 is 1.05 bits per heavy atom. The van der Waals surface area contributed by atoms with Crippen molar-refractivity contribution in [2.45, 2.75) is 10.4 Å². The highest BCUT2D eigenvalue weighted by atomic mass is 32.2. The monoisotopic (exact) mass is 295 g/mol. The van der Waals surface area contributed by atoms with Crippen LogP contribution in [0.3, 0.4) is 0 Å². The summed E-state index contributed by atoms with van der Waals surface area (Å²) in [6.45, 7) is 0. The van der Waals surface area contributed by atoms with E-state index in [1.165, 1.54) is 42.5 Å². The normalized spacial score (nSPS) is 12.8. The summed E-state index contributed by atoms with van der Waals surface area (Å²) in [5.74, 6) is 0. The van der Waals surface area contributed by atoms with Gasteiger partial charge in [-0.25, -0.2) is 12.8 Å².